The van der Waals surface area contributed by atoms with Crippen molar-refractivity contribution in [3.63, 3.8) is 0 Å². The molecule has 2 nitrogen and oxygen atoms in total. The van der Waals surface area contributed by atoms with Crippen LogP contribution in [0, 0.1) is 18.6 Å². The zero-order valence-electron chi connectivity index (χ0n) is 7.54. The summed E-state index contributed by atoms with van der Waals surface area (Å²) in [6.07, 6.45) is 3.24. The fourth-order valence-corrected chi connectivity index (χ4v) is 1.33. The first-order valence-corrected chi connectivity index (χ1v) is 4.13. The van der Waals surface area contributed by atoms with Gasteiger partial charge < -0.3 is 4.57 Å². The van der Waals surface area contributed by atoms with Crippen LogP contribution in [0.1, 0.15) is 5.82 Å². The van der Waals surface area contributed by atoms with E-state index in [0.717, 1.165) is 6.07 Å². The van der Waals surface area contributed by atoms with Gasteiger partial charge in [-0.15, -0.1) is 0 Å². The first kappa shape index (κ1) is 8.87. The molecule has 1 heterocycles. The Morgan fingerprint density at radius 3 is 2.29 bits per heavy atom. The van der Waals surface area contributed by atoms with Gasteiger partial charge in [-0.3, -0.25) is 0 Å². The quantitative estimate of drug-likeness (QED) is 0.681. The normalized spacial score (nSPS) is 10.5. The first-order valence-electron chi connectivity index (χ1n) is 4.13. The van der Waals surface area contributed by atoms with E-state index in [1.807, 2.05) is 0 Å². The Morgan fingerprint density at radius 1 is 1.14 bits per heavy atom. The summed E-state index contributed by atoms with van der Waals surface area (Å²) in [6, 6.07) is 3.37. The second kappa shape index (κ2) is 3.21. The maximum absolute atomic E-state index is 12.9. The van der Waals surface area contributed by atoms with Gasteiger partial charge in [0.2, 0.25) is 0 Å². The van der Waals surface area contributed by atoms with Gasteiger partial charge >= 0.3 is 0 Å². The highest BCUT2D eigenvalue weighted by Crippen LogP contribution is 2.13. The summed E-state index contributed by atoms with van der Waals surface area (Å²) in [5.41, 5.74) is 0.442. The Kier molecular flexibility index (Phi) is 2.04. The van der Waals surface area contributed by atoms with Crippen molar-refractivity contribution >= 4 is 0 Å². The third-order valence-electron chi connectivity index (χ3n) is 1.95. The molecule has 0 radical (unpaired) electrons. The minimum atomic E-state index is -0.590. The van der Waals surface area contributed by atoms with Crippen LogP contribution < -0.4 is 0 Å². The molecule has 0 unspecified atom stereocenters. The van der Waals surface area contributed by atoms with Gasteiger partial charge in [0.25, 0.3) is 0 Å². The summed E-state index contributed by atoms with van der Waals surface area (Å²) in [5.74, 6) is -0.490. The van der Waals surface area contributed by atoms with Crippen LogP contribution in [0.3, 0.4) is 0 Å². The highest BCUT2D eigenvalue weighted by molar-refractivity contribution is 5.34. The Hall–Kier alpha value is -1.71. The molecular weight excluding hydrogens is 186 g/mol. The zero-order valence-corrected chi connectivity index (χ0v) is 7.54. The highest BCUT2D eigenvalue weighted by Gasteiger charge is 2.04. The van der Waals surface area contributed by atoms with Gasteiger partial charge in [0, 0.05) is 18.5 Å². The van der Waals surface area contributed by atoms with Gasteiger partial charge in [0.05, 0.1) is 5.69 Å². The maximum atomic E-state index is 12.9. The summed E-state index contributed by atoms with van der Waals surface area (Å²) < 4.78 is 27.4. The molecule has 0 spiro atoms. The summed E-state index contributed by atoms with van der Waals surface area (Å²) in [5, 5.41) is 0. The van der Waals surface area contributed by atoms with Crippen molar-refractivity contribution in [1.29, 1.82) is 0 Å². The van der Waals surface area contributed by atoms with E-state index in [2.05, 4.69) is 4.98 Å². The second-order valence-corrected chi connectivity index (χ2v) is 2.97. The highest BCUT2D eigenvalue weighted by atomic mass is 19.1. The smallest absolute Gasteiger partial charge is 0.128 e. The lowest BCUT2D eigenvalue weighted by Crippen LogP contribution is -1.97. The lowest BCUT2D eigenvalue weighted by atomic mass is 10.3. The van der Waals surface area contributed by atoms with Crippen molar-refractivity contribution in [2.24, 2.45) is 0 Å². The molecule has 72 valence electrons. The lowest BCUT2D eigenvalue weighted by Gasteiger charge is -2.04. The number of aromatic nitrogens is 2. The van der Waals surface area contributed by atoms with Crippen molar-refractivity contribution in [2.45, 2.75) is 6.92 Å². The largest absolute Gasteiger partial charge is 0.304 e. The number of rotatable bonds is 1. The zero-order chi connectivity index (χ0) is 10.1. The first-order chi connectivity index (χ1) is 6.66. The molecular formula is C10H8F2N2. The molecule has 0 amide bonds. The molecule has 0 N–H and O–H groups in total. The van der Waals surface area contributed by atoms with Crippen molar-refractivity contribution < 1.29 is 8.78 Å². The van der Waals surface area contributed by atoms with E-state index in [9.17, 15) is 8.78 Å². The molecule has 0 bridgehead atoms. The summed E-state index contributed by atoms with van der Waals surface area (Å²) >= 11 is 0. The van der Waals surface area contributed by atoms with Gasteiger partial charge in [-0.25, -0.2) is 13.8 Å². The molecule has 0 saturated carbocycles. The molecule has 1 aromatic carbocycles. The van der Waals surface area contributed by atoms with Crippen LogP contribution in [0.2, 0.25) is 0 Å². The Balaban J connectivity index is 2.57. The number of hydrogen-bond acceptors (Lipinski definition) is 1. The van der Waals surface area contributed by atoms with Gasteiger partial charge in [-0.05, 0) is 19.1 Å². The minimum absolute atomic E-state index is 0.442. The van der Waals surface area contributed by atoms with Gasteiger partial charge in [-0.2, -0.15) is 0 Å². The fourth-order valence-electron chi connectivity index (χ4n) is 1.33. The average molecular weight is 194 g/mol. The molecule has 0 fully saturated rings. The minimum Gasteiger partial charge on any atom is -0.304 e. The van der Waals surface area contributed by atoms with Crippen LogP contribution in [-0.2, 0) is 0 Å². The maximum Gasteiger partial charge on any atom is 0.128 e. The third-order valence-corrected chi connectivity index (χ3v) is 1.95. The number of halogens is 2. The van der Waals surface area contributed by atoms with Crippen LogP contribution in [0.4, 0.5) is 8.78 Å². The number of imidazole rings is 1. The lowest BCUT2D eigenvalue weighted by molar-refractivity contribution is 0.581. The van der Waals surface area contributed by atoms with Crippen molar-refractivity contribution in [2.75, 3.05) is 0 Å². The predicted molar refractivity (Wildman–Crippen MR) is 48.2 cm³/mol. The van der Waals surface area contributed by atoms with E-state index in [0.29, 0.717) is 11.5 Å². The van der Waals surface area contributed by atoms with Crippen LogP contribution in [-0.4, -0.2) is 9.55 Å². The molecule has 2 aromatic rings. The Morgan fingerprint density at radius 2 is 1.79 bits per heavy atom. The van der Waals surface area contributed by atoms with E-state index in [4.69, 9.17) is 0 Å². The topological polar surface area (TPSA) is 17.8 Å². The molecule has 0 atom stereocenters. The number of hydrogen-bond donors (Lipinski definition) is 0. The van der Waals surface area contributed by atoms with Crippen LogP contribution >= 0.6 is 0 Å². The standard InChI is InChI=1S/C10H8F2N2/c1-7-13-2-3-14(7)10-5-8(11)4-9(12)6-10/h2-6H,1H3. The Labute approximate surface area is 79.8 Å². The summed E-state index contributed by atoms with van der Waals surface area (Å²) in [6.45, 7) is 1.77. The van der Waals surface area contributed by atoms with Crippen molar-refractivity contribution in [1.82, 2.24) is 9.55 Å². The van der Waals surface area contributed by atoms with Crippen LogP contribution in [0.15, 0.2) is 30.6 Å². The van der Waals surface area contributed by atoms with Crippen molar-refractivity contribution in [3.8, 4) is 5.69 Å². The van der Waals surface area contributed by atoms with E-state index in [1.165, 1.54) is 12.1 Å². The van der Waals surface area contributed by atoms with E-state index >= 15 is 0 Å². The second-order valence-electron chi connectivity index (χ2n) is 2.97. The predicted octanol–water partition coefficient (Wildman–Crippen LogP) is 2.46. The Bertz CT molecular complexity index is 443. The van der Waals surface area contributed by atoms with E-state index in [-0.39, 0.29) is 0 Å². The monoisotopic (exact) mass is 194 g/mol. The molecule has 14 heavy (non-hydrogen) atoms. The number of aryl methyl sites for hydroxylation is 1. The van der Waals surface area contributed by atoms with Gasteiger partial charge in [0.15, 0.2) is 0 Å². The summed E-state index contributed by atoms with van der Waals surface area (Å²) in [7, 11) is 0. The molecule has 4 heteroatoms. The van der Waals surface area contributed by atoms with Crippen molar-refractivity contribution in [3.05, 3.63) is 48.1 Å². The van der Waals surface area contributed by atoms with Gasteiger partial charge in [-0.1, -0.05) is 0 Å². The molecule has 1 aromatic heterocycles. The van der Waals surface area contributed by atoms with E-state index < -0.39 is 11.6 Å². The number of benzene rings is 1. The molecule has 0 aliphatic heterocycles. The fraction of sp³-hybridized carbons (Fsp3) is 0.100. The van der Waals surface area contributed by atoms with E-state index in [1.54, 1.807) is 23.9 Å². The number of nitrogens with zero attached hydrogens (tertiary/aromatic N) is 2. The van der Waals surface area contributed by atoms with Gasteiger partial charge in [0.1, 0.15) is 17.5 Å². The third kappa shape index (κ3) is 1.51. The molecule has 0 saturated heterocycles. The van der Waals surface area contributed by atoms with Crippen LogP contribution in [0.25, 0.3) is 5.69 Å². The summed E-state index contributed by atoms with van der Waals surface area (Å²) in [4.78, 5) is 3.97. The van der Waals surface area contributed by atoms with Crippen LogP contribution in [0.5, 0.6) is 0 Å². The average Bonchev–Trinajstić information content (AvgIpc) is 2.49. The molecule has 0 aliphatic rings. The SMILES string of the molecule is Cc1nccn1-c1cc(F)cc(F)c1. The molecule has 0 aliphatic carbocycles. The molecule has 2 rings (SSSR count).